The van der Waals surface area contributed by atoms with Gasteiger partial charge < -0.3 is 15.2 Å². The van der Waals surface area contributed by atoms with Gasteiger partial charge in [-0.3, -0.25) is 4.99 Å². The van der Waals surface area contributed by atoms with Crippen molar-refractivity contribution in [1.29, 1.82) is 0 Å². The minimum absolute atomic E-state index is 0.152. The zero-order valence-corrected chi connectivity index (χ0v) is 15.9. The van der Waals surface area contributed by atoms with E-state index in [4.69, 9.17) is 0 Å². The van der Waals surface area contributed by atoms with Crippen LogP contribution in [-0.2, 0) is 25.8 Å². The Labute approximate surface area is 164 Å². The second-order valence-electron chi connectivity index (χ2n) is 5.86. The standard InChI is InChI=1S/C18H19F3N6S/c1-22-17(25-10-16-26-14(12-28-16)18(19,20)21)24-9-15-23-7-8-27(15)11-13-5-3-2-4-6-13/h2-8,12H,9-11H2,1H3,(H2,22,24,25). The normalized spacial score (nSPS) is 12.2. The van der Waals surface area contributed by atoms with E-state index in [1.54, 1.807) is 13.2 Å². The number of alkyl halides is 3. The molecule has 0 spiro atoms. The predicted molar refractivity (Wildman–Crippen MR) is 102 cm³/mol. The molecule has 0 atom stereocenters. The quantitative estimate of drug-likeness (QED) is 0.485. The number of guanidine groups is 1. The van der Waals surface area contributed by atoms with Gasteiger partial charge in [0.25, 0.3) is 0 Å². The highest BCUT2D eigenvalue weighted by Gasteiger charge is 2.33. The number of halogens is 3. The Morgan fingerprint density at radius 1 is 1.18 bits per heavy atom. The summed E-state index contributed by atoms with van der Waals surface area (Å²) < 4.78 is 39.9. The van der Waals surface area contributed by atoms with Crippen molar-refractivity contribution in [1.82, 2.24) is 25.2 Å². The first-order valence-electron chi connectivity index (χ1n) is 8.46. The molecule has 1 aromatic carbocycles. The molecule has 10 heteroatoms. The molecule has 0 saturated carbocycles. The Balaban J connectivity index is 1.54. The van der Waals surface area contributed by atoms with Gasteiger partial charge in [-0.2, -0.15) is 13.2 Å². The molecule has 3 aromatic rings. The van der Waals surface area contributed by atoms with Crippen LogP contribution in [0, 0.1) is 0 Å². The fourth-order valence-corrected chi connectivity index (χ4v) is 3.24. The molecule has 28 heavy (non-hydrogen) atoms. The summed E-state index contributed by atoms with van der Waals surface area (Å²) in [6.45, 7) is 1.27. The van der Waals surface area contributed by atoms with Crippen molar-refractivity contribution < 1.29 is 13.2 Å². The molecule has 0 amide bonds. The van der Waals surface area contributed by atoms with Crippen LogP contribution < -0.4 is 10.6 Å². The maximum absolute atomic E-state index is 12.6. The monoisotopic (exact) mass is 408 g/mol. The van der Waals surface area contributed by atoms with Crippen LogP contribution in [0.2, 0.25) is 0 Å². The Kier molecular flexibility index (Phi) is 6.30. The molecular weight excluding hydrogens is 389 g/mol. The summed E-state index contributed by atoms with van der Waals surface area (Å²) in [5.74, 6) is 1.28. The van der Waals surface area contributed by atoms with Crippen LogP contribution in [0.15, 0.2) is 53.1 Å². The highest BCUT2D eigenvalue weighted by Crippen LogP contribution is 2.29. The third-order valence-electron chi connectivity index (χ3n) is 3.88. The number of hydrogen-bond acceptors (Lipinski definition) is 4. The Hall–Kier alpha value is -2.88. The van der Waals surface area contributed by atoms with Gasteiger partial charge in [0.1, 0.15) is 10.8 Å². The second-order valence-corrected chi connectivity index (χ2v) is 6.80. The number of rotatable bonds is 6. The van der Waals surface area contributed by atoms with E-state index in [0.717, 1.165) is 28.1 Å². The van der Waals surface area contributed by atoms with Gasteiger partial charge in [0.15, 0.2) is 11.7 Å². The lowest BCUT2D eigenvalue weighted by atomic mass is 10.2. The van der Waals surface area contributed by atoms with E-state index < -0.39 is 11.9 Å². The molecule has 0 aliphatic heterocycles. The Morgan fingerprint density at radius 3 is 2.61 bits per heavy atom. The van der Waals surface area contributed by atoms with E-state index in [-0.39, 0.29) is 6.54 Å². The smallest absolute Gasteiger partial charge is 0.350 e. The first-order valence-corrected chi connectivity index (χ1v) is 9.33. The van der Waals surface area contributed by atoms with E-state index in [0.29, 0.717) is 24.1 Å². The van der Waals surface area contributed by atoms with Crippen molar-refractivity contribution in [3.8, 4) is 0 Å². The summed E-state index contributed by atoms with van der Waals surface area (Å²) in [5, 5.41) is 7.42. The van der Waals surface area contributed by atoms with Crippen molar-refractivity contribution in [2.24, 2.45) is 4.99 Å². The van der Waals surface area contributed by atoms with Crippen LogP contribution in [0.3, 0.4) is 0 Å². The maximum Gasteiger partial charge on any atom is 0.434 e. The number of nitrogens with zero attached hydrogens (tertiary/aromatic N) is 4. The van der Waals surface area contributed by atoms with Crippen molar-refractivity contribution >= 4 is 17.3 Å². The molecule has 0 bridgehead atoms. The molecule has 2 aromatic heterocycles. The molecule has 2 N–H and O–H groups in total. The van der Waals surface area contributed by atoms with Crippen LogP contribution in [0.25, 0.3) is 0 Å². The van der Waals surface area contributed by atoms with Crippen LogP contribution in [0.1, 0.15) is 22.1 Å². The van der Waals surface area contributed by atoms with Gasteiger partial charge >= 0.3 is 6.18 Å². The number of aliphatic imine (C=N–C) groups is 1. The van der Waals surface area contributed by atoms with Gasteiger partial charge in [0.05, 0.1) is 13.1 Å². The van der Waals surface area contributed by atoms with E-state index >= 15 is 0 Å². The summed E-state index contributed by atoms with van der Waals surface area (Å²) in [6, 6.07) is 10.0. The molecule has 3 rings (SSSR count). The lowest BCUT2D eigenvalue weighted by Gasteiger charge is -2.12. The van der Waals surface area contributed by atoms with Crippen molar-refractivity contribution in [2.75, 3.05) is 7.05 Å². The van der Waals surface area contributed by atoms with Crippen LogP contribution in [-0.4, -0.2) is 27.5 Å². The lowest BCUT2D eigenvalue weighted by Crippen LogP contribution is -2.37. The van der Waals surface area contributed by atoms with E-state index in [1.165, 1.54) is 0 Å². The van der Waals surface area contributed by atoms with Gasteiger partial charge in [-0.15, -0.1) is 11.3 Å². The summed E-state index contributed by atoms with van der Waals surface area (Å²) in [7, 11) is 1.59. The van der Waals surface area contributed by atoms with Crippen molar-refractivity contribution in [3.05, 3.63) is 70.2 Å². The number of thiazole rings is 1. The first-order chi connectivity index (χ1) is 13.5. The van der Waals surface area contributed by atoms with Crippen LogP contribution in [0.4, 0.5) is 13.2 Å². The topological polar surface area (TPSA) is 67.1 Å². The van der Waals surface area contributed by atoms with Crippen LogP contribution >= 0.6 is 11.3 Å². The highest BCUT2D eigenvalue weighted by molar-refractivity contribution is 7.09. The SMILES string of the molecule is CN=C(NCc1nc(C(F)(F)F)cs1)NCc1nccn1Cc1ccccc1. The number of benzene rings is 1. The molecule has 0 aliphatic rings. The molecule has 0 aliphatic carbocycles. The average Bonchev–Trinajstić information content (AvgIpc) is 3.32. The van der Waals surface area contributed by atoms with Gasteiger partial charge in [-0.05, 0) is 5.56 Å². The fraction of sp³-hybridized carbons (Fsp3) is 0.278. The van der Waals surface area contributed by atoms with Crippen LogP contribution in [0.5, 0.6) is 0 Å². The molecule has 148 valence electrons. The third-order valence-corrected chi connectivity index (χ3v) is 4.73. The summed E-state index contributed by atoms with van der Waals surface area (Å²) in [4.78, 5) is 12.0. The molecule has 0 saturated heterocycles. The summed E-state index contributed by atoms with van der Waals surface area (Å²) >= 11 is 0.956. The van der Waals surface area contributed by atoms with E-state index in [9.17, 15) is 13.2 Å². The highest BCUT2D eigenvalue weighted by atomic mass is 32.1. The molecule has 0 radical (unpaired) electrons. The number of aromatic nitrogens is 3. The van der Waals surface area contributed by atoms with Gasteiger partial charge in [0, 0.05) is 31.4 Å². The zero-order valence-electron chi connectivity index (χ0n) is 15.1. The van der Waals surface area contributed by atoms with E-state index in [2.05, 4.69) is 25.6 Å². The molecule has 2 heterocycles. The fourth-order valence-electron chi connectivity index (χ4n) is 2.50. The minimum atomic E-state index is -4.43. The molecule has 0 unspecified atom stereocenters. The Morgan fingerprint density at radius 2 is 1.93 bits per heavy atom. The van der Waals surface area contributed by atoms with Crippen molar-refractivity contribution in [3.63, 3.8) is 0 Å². The van der Waals surface area contributed by atoms with Gasteiger partial charge in [-0.1, -0.05) is 30.3 Å². The van der Waals surface area contributed by atoms with Crippen molar-refractivity contribution in [2.45, 2.75) is 25.8 Å². The largest absolute Gasteiger partial charge is 0.434 e. The minimum Gasteiger partial charge on any atom is -0.350 e. The molecular formula is C18H19F3N6S. The zero-order chi connectivity index (χ0) is 20.0. The van der Waals surface area contributed by atoms with Gasteiger partial charge in [-0.25, -0.2) is 9.97 Å². The molecule has 0 fully saturated rings. The molecule has 6 nitrogen and oxygen atoms in total. The average molecular weight is 408 g/mol. The second kappa shape index (κ2) is 8.87. The summed E-state index contributed by atoms with van der Waals surface area (Å²) in [5.41, 5.74) is 0.286. The predicted octanol–water partition coefficient (Wildman–Crippen LogP) is 3.27. The summed E-state index contributed by atoms with van der Waals surface area (Å²) in [6.07, 6.45) is -0.802. The lowest BCUT2D eigenvalue weighted by molar-refractivity contribution is -0.140. The maximum atomic E-state index is 12.6. The number of nitrogens with one attached hydrogen (secondary N) is 2. The number of hydrogen-bond donors (Lipinski definition) is 2. The Bertz CT molecular complexity index is 917. The van der Waals surface area contributed by atoms with E-state index in [1.807, 2.05) is 41.1 Å². The third kappa shape index (κ3) is 5.32. The van der Waals surface area contributed by atoms with Gasteiger partial charge in [0.2, 0.25) is 0 Å². The number of imidazole rings is 1. The first kappa shape index (κ1) is 19.9.